The quantitative estimate of drug-likeness (QED) is 0.353. The van der Waals surface area contributed by atoms with Crippen LogP contribution in [-0.4, -0.2) is 15.9 Å². The number of carbonyl (C=O) groups is 1. The second-order valence-electron chi connectivity index (χ2n) is 2.34. The van der Waals surface area contributed by atoms with Gasteiger partial charge in [0.2, 0.25) is 3.79 Å². The van der Waals surface area contributed by atoms with E-state index in [1.807, 2.05) is 11.4 Å². The number of nitrogens with one attached hydrogen (secondary N) is 1. The molecular formula is C7H4Cl3IN2OS. The van der Waals surface area contributed by atoms with Crippen LogP contribution in [0.25, 0.3) is 0 Å². The van der Waals surface area contributed by atoms with Gasteiger partial charge in [-0.1, -0.05) is 34.8 Å². The molecule has 0 bridgehead atoms. The Bertz CT molecular complexity index is 388. The third-order valence-electron chi connectivity index (χ3n) is 1.20. The molecule has 0 unspecified atom stereocenters. The zero-order valence-electron chi connectivity index (χ0n) is 7.01. The van der Waals surface area contributed by atoms with Gasteiger partial charge < -0.3 is 0 Å². The molecule has 0 aliphatic carbocycles. The van der Waals surface area contributed by atoms with Crippen LogP contribution in [0, 0.1) is 3.57 Å². The molecule has 0 aliphatic rings. The lowest BCUT2D eigenvalue weighted by Gasteiger charge is -2.02. The lowest BCUT2D eigenvalue weighted by molar-refractivity contribution is 0.0958. The van der Waals surface area contributed by atoms with Gasteiger partial charge in [0, 0.05) is 3.57 Å². The van der Waals surface area contributed by atoms with Crippen LogP contribution in [0.15, 0.2) is 16.5 Å². The molecule has 0 saturated carbocycles. The normalized spacial score (nSPS) is 12.0. The second-order valence-corrected chi connectivity index (χ2v) is 6.79. The molecule has 0 aromatic carbocycles. The molecule has 0 aliphatic heterocycles. The predicted molar refractivity (Wildman–Crippen MR) is 73.3 cm³/mol. The van der Waals surface area contributed by atoms with E-state index < -0.39 is 3.79 Å². The zero-order valence-corrected chi connectivity index (χ0v) is 12.2. The number of rotatable bonds is 2. The van der Waals surface area contributed by atoms with E-state index in [4.69, 9.17) is 34.8 Å². The molecule has 1 aromatic rings. The Labute approximate surface area is 119 Å². The fraction of sp³-hybridized carbons (Fsp3) is 0.143. The van der Waals surface area contributed by atoms with Crippen molar-refractivity contribution in [3.05, 3.63) is 19.9 Å². The summed E-state index contributed by atoms with van der Waals surface area (Å²) < 4.78 is -0.741. The van der Waals surface area contributed by atoms with Gasteiger partial charge >= 0.3 is 0 Å². The van der Waals surface area contributed by atoms with Gasteiger partial charge in [0.25, 0.3) is 5.91 Å². The predicted octanol–water partition coefficient (Wildman–Crippen LogP) is 3.44. The Morgan fingerprint density at radius 2 is 2.27 bits per heavy atom. The summed E-state index contributed by atoms with van der Waals surface area (Å²) in [5, 5.41) is 5.34. The van der Waals surface area contributed by atoms with E-state index in [-0.39, 0.29) is 5.91 Å². The molecule has 0 saturated heterocycles. The van der Waals surface area contributed by atoms with Gasteiger partial charge in [0.15, 0.2) is 0 Å². The first-order valence-corrected chi connectivity index (χ1v) is 6.63. The largest absolute Gasteiger partial charge is 0.282 e. The Balaban J connectivity index is 2.59. The summed E-state index contributed by atoms with van der Waals surface area (Å²) in [5.41, 5.74) is 2.27. The first-order valence-electron chi connectivity index (χ1n) is 3.54. The number of thiophene rings is 1. The summed E-state index contributed by atoms with van der Waals surface area (Å²) in [7, 11) is 0. The van der Waals surface area contributed by atoms with Gasteiger partial charge in [-0.05, 0) is 34.0 Å². The Morgan fingerprint density at radius 1 is 1.60 bits per heavy atom. The van der Waals surface area contributed by atoms with Crippen LogP contribution in [0.4, 0.5) is 0 Å². The minimum absolute atomic E-state index is 0.320. The summed E-state index contributed by atoms with van der Waals surface area (Å²) in [6.07, 6.45) is 1.02. The van der Waals surface area contributed by atoms with Crippen molar-refractivity contribution in [2.45, 2.75) is 3.79 Å². The van der Waals surface area contributed by atoms with Crippen molar-refractivity contribution < 1.29 is 4.79 Å². The molecule has 0 radical (unpaired) electrons. The highest BCUT2D eigenvalue weighted by atomic mass is 127. The fourth-order valence-electron chi connectivity index (χ4n) is 0.671. The van der Waals surface area contributed by atoms with Crippen LogP contribution < -0.4 is 5.43 Å². The Morgan fingerprint density at radius 3 is 2.73 bits per heavy atom. The standard InChI is InChI=1S/C7H4Cl3IN2OS/c8-7(9,10)3-12-13-6(14)5-4(11)1-2-15-5/h1-3H,(H,13,14)/b12-3+. The third-order valence-corrected chi connectivity index (χ3v) is 3.67. The summed E-state index contributed by atoms with van der Waals surface area (Å²) in [5.74, 6) is -0.320. The van der Waals surface area contributed by atoms with Crippen molar-refractivity contribution in [3.63, 3.8) is 0 Å². The van der Waals surface area contributed by atoms with Crippen LogP contribution in [0.5, 0.6) is 0 Å². The van der Waals surface area contributed by atoms with Gasteiger partial charge in [-0.3, -0.25) is 4.79 Å². The lowest BCUT2D eigenvalue weighted by atomic mass is 10.4. The summed E-state index contributed by atoms with van der Waals surface area (Å²) in [6.45, 7) is 0. The molecule has 1 amide bonds. The van der Waals surface area contributed by atoms with E-state index in [0.29, 0.717) is 4.88 Å². The highest BCUT2D eigenvalue weighted by Gasteiger charge is 2.16. The molecule has 1 N–H and O–H groups in total. The van der Waals surface area contributed by atoms with E-state index >= 15 is 0 Å². The number of halogens is 4. The minimum atomic E-state index is -1.60. The van der Waals surface area contributed by atoms with Crippen molar-refractivity contribution in [3.8, 4) is 0 Å². The van der Waals surface area contributed by atoms with E-state index in [0.717, 1.165) is 9.78 Å². The average Bonchev–Trinajstić information content (AvgIpc) is 2.48. The van der Waals surface area contributed by atoms with Crippen LogP contribution in [0.3, 0.4) is 0 Å². The van der Waals surface area contributed by atoms with Gasteiger partial charge in [-0.2, -0.15) is 5.10 Å². The monoisotopic (exact) mass is 396 g/mol. The second kappa shape index (κ2) is 5.67. The fourth-order valence-corrected chi connectivity index (χ4v) is 2.54. The number of hydrazone groups is 1. The molecule has 3 nitrogen and oxygen atoms in total. The van der Waals surface area contributed by atoms with E-state index in [9.17, 15) is 4.79 Å². The molecular weight excluding hydrogens is 393 g/mol. The number of carbonyl (C=O) groups excluding carboxylic acids is 1. The van der Waals surface area contributed by atoms with Crippen molar-refractivity contribution in [1.29, 1.82) is 0 Å². The molecule has 8 heteroatoms. The number of amides is 1. The molecule has 1 aromatic heterocycles. The first-order chi connectivity index (χ1) is 6.90. The maximum atomic E-state index is 11.5. The topological polar surface area (TPSA) is 41.5 Å². The number of hydrogen-bond acceptors (Lipinski definition) is 3. The highest BCUT2D eigenvalue weighted by molar-refractivity contribution is 14.1. The lowest BCUT2D eigenvalue weighted by Crippen LogP contribution is -2.19. The molecule has 0 fully saturated rings. The molecule has 0 atom stereocenters. The van der Waals surface area contributed by atoms with E-state index in [1.54, 1.807) is 0 Å². The highest BCUT2D eigenvalue weighted by Crippen LogP contribution is 2.23. The summed E-state index contributed by atoms with van der Waals surface area (Å²) in [4.78, 5) is 12.0. The summed E-state index contributed by atoms with van der Waals surface area (Å²) >= 11 is 19.6. The minimum Gasteiger partial charge on any atom is -0.266 e. The molecule has 1 rings (SSSR count). The maximum absolute atomic E-state index is 11.5. The van der Waals surface area contributed by atoms with Crippen LogP contribution in [0.1, 0.15) is 9.67 Å². The van der Waals surface area contributed by atoms with E-state index in [2.05, 4.69) is 33.1 Å². The smallest absolute Gasteiger partial charge is 0.266 e. The number of nitrogens with zero attached hydrogens (tertiary/aromatic N) is 1. The van der Waals surface area contributed by atoms with Crippen LogP contribution in [0.2, 0.25) is 0 Å². The average molecular weight is 397 g/mol. The number of hydrogen-bond donors (Lipinski definition) is 1. The zero-order chi connectivity index (χ0) is 11.5. The van der Waals surface area contributed by atoms with Gasteiger partial charge in [-0.15, -0.1) is 11.3 Å². The maximum Gasteiger partial charge on any atom is 0.282 e. The molecule has 1 heterocycles. The van der Waals surface area contributed by atoms with Crippen LogP contribution in [-0.2, 0) is 0 Å². The van der Waals surface area contributed by atoms with Crippen molar-refractivity contribution in [2.24, 2.45) is 5.10 Å². The Kier molecular flexibility index (Phi) is 5.11. The van der Waals surface area contributed by atoms with Crippen LogP contribution >= 0.6 is 68.7 Å². The first kappa shape index (κ1) is 13.5. The van der Waals surface area contributed by atoms with E-state index in [1.165, 1.54) is 11.3 Å². The van der Waals surface area contributed by atoms with Crippen molar-refractivity contribution in [2.75, 3.05) is 0 Å². The van der Waals surface area contributed by atoms with Crippen molar-refractivity contribution >= 4 is 80.9 Å². The van der Waals surface area contributed by atoms with Gasteiger partial charge in [0.1, 0.15) is 4.88 Å². The molecule has 0 spiro atoms. The third kappa shape index (κ3) is 4.86. The Hall–Kier alpha value is 0.440. The summed E-state index contributed by atoms with van der Waals surface area (Å²) in [6, 6.07) is 1.83. The SMILES string of the molecule is O=C(N/N=C/C(Cl)(Cl)Cl)c1sccc1I. The van der Waals surface area contributed by atoms with Gasteiger partial charge in [-0.25, -0.2) is 5.43 Å². The molecule has 15 heavy (non-hydrogen) atoms. The van der Waals surface area contributed by atoms with Gasteiger partial charge in [0.05, 0.1) is 6.21 Å². The number of alkyl halides is 3. The van der Waals surface area contributed by atoms with Crippen molar-refractivity contribution in [1.82, 2.24) is 5.43 Å². The molecule has 82 valence electrons.